The fraction of sp³-hybridized carbons (Fsp3) is 0.583. The molecule has 0 spiro atoms. The highest BCUT2D eigenvalue weighted by Gasteiger charge is 2.25. The van der Waals surface area contributed by atoms with E-state index in [0.29, 0.717) is 13.0 Å². The maximum absolute atomic E-state index is 12.5. The van der Waals surface area contributed by atoms with E-state index in [1.54, 1.807) is 0 Å². The maximum atomic E-state index is 12.5. The van der Waals surface area contributed by atoms with E-state index in [9.17, 15) is 23.7 Å². The van der Waals surface area contributed by atoms with Crippen molar-refractivity contribution < 1.29 is 23.6 Å². The first-order valence-corrected chi connectivity index (χ1v) is 6.43. The third-order valence-corrected chi connectivity index (χ3v) is 2.79. The molecule has 1 N–H and O–H groups in total. The zero-order valence-corrected chi connectivity index (χ0v) is 11.5. The van der Waals surface area contributed by atoms with Crippen LogP contribution in [0, 0.1) is 10.1 Å². The quantitative estimate of drug-likeness (QED) is 0.582. The maximum Gasteiger partial charge on any atom is 0.287 e. The summed E-state index contributed by atoms with van der Waals surface area (Å²) in [6.07, 6.45) is -0.915. The summed E-state index contributed by atoms with van der Waals surface area (Å²) in [5, 5.41) is 19.6. The molecule has 7 nitrogen and oxygen atoms in total. The van der Waals surface area contributed by atoms with Crippen molar-refractivity contribution in [2.75, 3.05) is 19.7 Å². The van der Waals surface area contributed by atoms with Gasteiger partial charge in [0.2, 0.25) is 0 Å². The van der Waals surface area contributed by atoms with Gasteiger partial charge in [-0.1, -0.05) is 6.92 Å². The lowest BCUT2D eigenvalue weighted by atomic mass is 10.3. The number of aliphatic hydroxyl groups excluding tert-OH is 1. The number of aromatic nitrogens is 1. The first-order valence-electron chi connectivity index (χ1n) is 6.43. The Hall–Kier alpha value is -2.03. The van der Waals surface area contributed by atoms with E-state index in [1.165, 1.54) is 10.8 Å². The van der Waals surface area contributed by atoms with Crippen LogP contribution in [0.2, 0.25) is 0 Å². The van der Waals surface area contributed by atoms with E-state index in [2.05, 4.69) is 0 Å². The molecular weight excluding hydrogens is 288 g/mol. The first-order chi connectivity index (χ1) is 9.90. The van der Waals surface area contributed by atoms with Gasteiger partial charge in [-0.3, -0.25) is 14.9 Å². The number of carbonyl (C=O) groups excluding carboxylic acids is 1. The molecule has 0 bridgehead atoms. The minimum atomic E-state index is -2.75. The van der Waals surface area contributed by atoms with Crippen molar-refractivity contribution in [3.05, 3.63) is 28.1 Å². The molecule has 0 unspecified atom stereocenters. The Morgan fingerprint density at radius 3 is 2.71 bits per heavy atom. The van der Waals surface area contributed by atoms with Crippen molar-refractivity contribution in [1.82, 2.24) is 9.47 Å². The number of hydrogen-bond donors (Lipinski definition) is 1. The highest BCUT2D eigenvalue weighted by molar-refractivity contribution is 5.93. The topological polar surface area (TPSA) is 88.6 Å². The molecule has 21 heavy (non-hydrogen) atoms. The zero-order valence-electron chi connectivity index (χ0n) is 11.5. The van der Waals surface area contributed by atoms with E-state index >= 15 is 0 Å². The molecule has 1 rings (SSSR count). The van der Waals surface area contributed by atoms with Crippen molar-refractivity contribution in [3.8, 4) is 0 Å². The lowest BCUT2D eigenvalue weighted by molar-refractivity contribution is -0.384. The van der Waals surface area contributed by atoms with Gasteiger partial charge in [0, 0.05) is 19.2 Å². The predicted molar refractivity (Wildman–Crippen MR) is 70.4 cm³/mol. The average molecular weight is 305 g/mol. The van der Waals surface area contributed by atoms with E-state index in [-0.39, 0.29) is 17.9 Å². The summed E-state index contributed by atoms with van der Waals surface area (Å²) < 4.78 is 26.3. The van der Waals surface area contributed by atoms with Gasteiger partial charge in [0.1, 0.15) is 5.69 Å². The highest BCUT2D eigenvalue weighted by atomic mass is 19.3. The van der Waals surface area contributed by atoms with Crippen LogP contribution < -0.4 is 0 Å². The Morgan fingerprint density at radius 1 is 1.57 bits per heavy atom. The van der Waals surface area contributed by atoms with Crippen molar-refractivity contribution >= 4 is 11.6 Å². The van der Waals surface area contributed by atoms with Gasteiger partial charge in [-0.05, 0) is 6.42 Å². The van der Waals surface area contributed by atoms with Gasteiger partial charge >= 0.3 is 0 Å². The molecule has 0 atom stereocenters. The molecule has 0 radical (unpaired) electrons. The number of carbonyl (C=O) groups is 1. The molecule has 0 aliphatic heterocycles. The van der Waals surface area contributed by atoms with Crippen LogP contribution in [0.4, 0.5) is 14.5 Å². The second-order valence-corrected chi connectivity index (χ2v) is 4.40. The minimum absolute atomic E-state index is 0.0300. The van der Waals surface area contributed by atoms with Gasteiger partial charge in [0.05, 0.1) is 24.3 Å². The smallest absolute Gasteiger partial charge is 0.287 e. The minimum Gasteiger partial charge on any atom is -0.395 e. The van der Waals surface area contributed by atoms with Gasteiger partial charge in [0.15, 0.2) is 0 Å². The molecule has 0 saturated carbocycles. The van der Waals surface area contributed by atoms with Crippen LogP contribution >= 0.6 is 0 Å². The summed E-state index contributed by atoms with van der Waals surface area (Å²) in [7, 11) is 0. The number of hydrogen-bond acceptors (Lipinski definition) is 4. The number of rotatable bonds is 8. The van der Waals surface area contributed by atoms with E-state index in [4.69, 9.17) is 5.11 Å². The Balaban J connectivity index is 3.09. The van der Waals surface area contributed by atoms with Crippen molar-refractivity contribution in [2.24, 2.45) is 0 Å². The van der Waals surface area contributed by atoms with Crippen LogP contribution in [-0.2, 0) is 6.54 Å². The van der Waals surface area contributed by atoms with Crippen molar-refractivity contribution in [1.29, 1.82) is 0 Å². The van der Waals surface area contributed by atoms with Crippen LogP contribution in [0.1, 0.15) is 23.8 Å². The number of aryl methyl sites for hydroxylation is 1. The van der Waals surface area contributed by atoms with Crippen molar-refractivity contribution in [3.63, 3.8) is 0 Å². The van der Waals surface area contributed by atoms with Crippen LogP contribution in [-0.4, -0.2) is 51.5 Å². The molecule has 0 aliphatic carbocycles. The van der Waals surface area contributed by atoms with E-state index in [1.807, 2.05) is 6.92 Å². The average Bonchev–Trinajstić information content (AvgIpc) is 2.81. The van der Waals surface area contributed by atoms with Crippen LogP contribution in [0.25, 0.3) is 0 Å². The van der Waals surface area contributed by atoms with Crippen LogP contribution in [0.15, 0.2) is 12.3 Å². The Morgan fingerprint density at radius 2 is 2.24 bits per heavy atom. The second kappa shape index (κ2) is 7.67. The molecule has 0 aromatic carbocycles. The molecular formula is C12H17F2N3O4. The molecule has 1 aromatic rings. The predicted octanol–water partition coefficient (Wildman–Crippen LogP) is 1.51. The molecule has 0 saturated heterocycles. The molecule has 9 heteroatoms. The van der Waals surface area contributed by atoms with E-state index < -0.39 is 30.4 Å². The number of amides is 1. The SMILES string of the molecule is CCCn1cc([N+](=O)[O-])cc1C(=O)N(CCO)CC(F)F. The Bertz CT molecular complexity index is 505. The van der Waals surface area contributed by atoms with Gasteiger partial charge < -0.3 is 14.6 Å². The number of nitrogens with zero attached hydrogens (tertiary/aromatic N) is 3. The van der Waals surface area contributed by atoms with Gasteiger partial charge in [-0.25, -0.2) is 8.78 Å². The van der Waals surface area contributed by atoms with Gasteiger partial charge in [0.25, 0.3) is 18.0 Å². The molecule has 0 fully saturated rings. The summed E-state index contributed by atoms with van der Waals surface area (Å²) in [5.74, 6) is -0.758. The Kier molecular flexibility index (Phi) is 6.22. The summed E-state index contributed by atoms with van der Waals surface area (Å²) in [5.41, 5.74) is -0.301. The number of alkyl halides is 2. The summed E-state index contributed by atoms with van der Waals surface area (Å²) in [4.78, 5) is 23.2. The molecule has 1 heterocycles. The van der Waals surface area contributed by atoms with Gasteiger partial charge in [-0.15, -0.1) is 0 Å². The number of halogens is 2. The monoisotopic (exact) mass is 305 g/mol. The van der Waals surface area contributed by atoms with Crippen molar-refractivity contribution in [2.45, 2.75) is 26.3 Å². The van der Waals surface area contributed by atoms with Crippen LogP contribution in [0.3, 0.4) is 0 Å². The highest BCUT2D eigenvalue weighted by Crippen LogP contribution is 2.19. The molecule has 0 aliphatic rings. The third-order valence-electron chi connectivity index (χ3n) is 2.79. The summed E-state index contributed by atoms with van der Waals surface area (Å²) in [6, 6.07) is 1.06. The second-order valence-electron chi connectivity index (χ2n) is 4.40. The summed E-state index contributed by atoms with van der Waals surface area (Å²) in [6.45, 7) is 0.634. The standard InChI is InChI=1S/C12H17F2N3O4/c1-2-3-15-7-9(17(20)21)6-10(15)12(19)16(4-5-18)8-11(13)14/h6-7,11,18H,2-5,8H2,1H3. The molecule has 1 aromatic heterocycles. The molecule has 118 valence electrons. The summed E-state index contributed by atoms with van der Waals surface area (Å²) >= 11 is 0. The normalized spacial score (nSPS) is 10.9. The zero-order chi connectivity index (χ0) is 16.0. The third kappa shape index (κ3) is 4.48. The largest absolute Gasteiger partial charge is 0.395 e. The number of aliphatic hydroxyl groups is 1. The lowest BCUT2D eigenvalue weighted by Gasteiger charge is -2.21. The fourth-order valence-electron chi connectivity index (χ4n) is 1.92. The van der Waals surface area contributed by atoms with Crippen LogP contribution in [0.5, 0.6) is 0 Å². The van der Waals surface area contributed by atoms with E-state index in [0.717, 1.165) is 11.0 Å². The first kappa shape index (κ1) is 17.0. The number of nitro groups is 1. The fourth-order valence-corrected chi connectivity index (χ4v) is 1.92. The van der Waals surface area contributed by atoms with Gasteiger partial charge in [-0.2, -0.15) is 0 Å². The lowest BCUT2D eigenvalue weighted by Crippen LogP contribution is -2.38. The molecule has 1 amide bonds. The Labute approximate surface area is 119 Å².